The normalized spacial score (nSPS) is 10.2. The molecule has 0 saturated heterocycles. The average molecular weight is 318 g/mol. The number of nitrogens with one attached hydrogen (secondary N) is 2. The van der Waals surface area contributed by atoms with E-state index < -0.39 is 17.6 Å². The fourth-order valence-electron chi connectivity index (χ4n) is 1.94. The highest BCUT2D eigenvalue weighted by atomic mass is 19.1. The first-order valence-electron chi connectivity index (χ1n) is 7.09. The van der Waals surface area contributed by atoms with E-state index in [1.54, 1.807) is 12.1 Å². The lowest BCUT2D eigenvalue weighted by atomic mass is 10.1. The van der Waals surface area contributed by atoms with E-state index in [-0.39, 0.29) is 12.2 Å². The van der Waals surface area contributed by atoms with Gasteiger partial charge in [0.25, 0.3) is 0 Å². The second-order valence-corrected chi connectivity index (χ2v) is 4.96. The van der Waals surface area contributed by atoms with Crippen molar-refractivity contribution in [3.63, 3.8) is 0 Å². The van der Waals surface area contributed by atoms with Crippen LogP contribution in [0.3, 0.4) is 0 Å². The Labute approximate surface area is 132 Å². The van der Waals surface area contributed by atoms with Crippen LogP contribution in [0.25, 0.3) is 0 Å². The zero-order valence-corrected chi connectivity index (χ0v) is 12.3. The Morgan fingerprint density at radius 2 is 1.39 bits per heavy atom. The van der Waals surface area contributed by atoms with E-state index in [1.807, 2.05) is 0 Å². The predicted octanol–water partition coefficient (Wildman–Crippen LogP) is 2.65. The molecule has 2 amide bonds. The molecule has 2 aromatic rings. The van der Waals surface area contributed by atoms with E-state index >= 15 is 0 Å². The van der Waals surface area contributed by atoms with E-state index in [2.05, 4.69) is 10.6 Å². The molecule has 0 aromatic heterocycles. The SMILES string of the molecule is O=C(CC(=O)Nc1ccc(F)cc1)NCCc1ccc(F)cc1. The van der Waals surface area contributed by atoms with Gasteiger partial charge in [-0.25, -0.2) is 8.78 Å². The molecule has 0 unspecified atom stereocenters. The van der Waals surface area contributed by atoms with Gasteiger partial charge in [-0.15, -0.1) is 0 Å². The molecule has 0 radical (unpaired) electrons. The molecule has 0 spiro atoms. The molecular formula is C17H16F2N2O2. The smallest absolute Gasteiger partial charge is 0.233 e. The van der Waals surface area contributed by atoms with E-state index in [4.69, 9.17) is 0 Å². The minimum absolute atomic E-state index is 0.310. The summed E-state index contributed by atoms with van der Waals surface area (Å²) in [6.07, 6.45) is 0.229. The molecule has 0 bridgehead atoms. The molecule has 4 nitrogen and oxygen atoms in total. The van der Waals surface area contributed by atoms with Crippen molar-refractivity contribution >= 4 is 17.5 Å². The lowest BCUT2D eigenvalue weighted by Crippen LogP contribution is -2.29. The zero-order chi connectivity index (χ0) is 16.7. The van der Waals surface area contributed by atoms with Crippen LogP contribution in [0.4, 0.5) is 14.5 Å². The van der Waals surface area contributed by atoms with Crippen LogP contribution in [0.2, 0.25) is 0 Å². The van der Waals surface area contributed by atoms with E-state index in [0.29, 0.717) is 18.7 Å². The summed E-state index contributed by atoms with van der Waals surface area (Å²) in [5.41, 5.74) is 1.32. The van der Waals surface area contributed by atoms with E-state index in [9.17, 15) is 18.4 Å². The summed E-state index contributed by atoms with van der Waals surface area (Å²) in [6, 6.07) is 11.3. The van der Waals surface area contributed by atoms with Crippen molar-refractivity contribution in [2.45, 2.75) is 12.8 Å². The van der Waals surface area contributed by atoms with E-state index in [1.165, 1.54) is 36.4 Å². The Kier molecular flexibility index (Phi) is 5.80. The summed E-state index contributed by atoms with van der Waals surface area (Å²) in [5.74, 6) is -1.60. The van der Waals surface area contributed by atoms with Gasteiger partial charge in [0.05, 0.1) is 0 Å². The Hall–Kier alpha value is -2.76. The van der Waals surface area contributed by atoms with Crippen LogP contribution in [0.1, 0.15) is 12.0 Å². The van der Waals surface area contributed by atoms with Crippen molar-refractivity contribution in [1.29, 1.82) is 0 Å². The van der Waals surface area contributed by atoms with Crippen LogP contribution < -0.4 is 10.6 Å². The fourth-order valence-corrected chi connectivity index (χ4v) is 1.94. The van der Waals surface area contributed by atoms with Gasteiger partial charge in [-0.1, -0.05) is 12.1 Å². The van der Waals surface area contributed by atoms with Crippen molar-refractivity contribution < 1.29 is 18.4 Å². The summed E-state index contributed by atoms with van der Waals surface area (Å²) in [6.45, 7) is 0.355. The molecule has 0 heterocycles. The van der Waals surface area contributed by atoms with Crippen molar-refractivity contribution in [1.82, 2.24) is 5.32 Å². The highest BCUT2D eigenvalue weighted by Gasteiger charge is 2.09. The quantitative estimate of drug-likeness (QED) is 0.805. The highest BCUT2D eigenvalue weighted by molar-refractivity contribution is 6.03. The molecule has 0 saturated carbocycles. The molecular weight excluding hydrogens is 302 g/mol. The van der Waals surface area contributed by atoms with Crippen LogP contribution in [-0.2, 0) is 16.0 Å². The molecule has 2 rings (SSSR count). The maximum Gasteiger partial charge on any atom is 0.233 e. The van der Waals surface area contributed by atoms with Crippen molar-refractivity contribution in [3.05, 3.63) is 65.7 Å². The maximum atomic E-state index is 12.7. The van der Waals surface area contributed by atoms with Gasteiger partial charge < -0.3 is 10.6 Å². The number of hydrogen-bond donors (Lipinski definition) is 2. The summed E-state index contributed by atoms with van der Waals surface area (Å²) in [4.78, 5) is 23.3. The maximum absolute atomic E-state index is 12.7. The van der Waals surface area contributed by atoms with Gasteiger partial charge in [0.2, 0.25) is 11.8 Å². The van der Waals surface area contributed by atoms with Crippen molar-refractivity contribution in [2.24, 2.45) is 0 Å². The fraction of sp³-hybridized carbons (Fsp3) is 0.176. The molecule has 0 aliphatic heterocycles. The lowest BCUT2D eigenvalue weighted by molar-refractivity contribution is -0.126. The van der Waals surface area contributed by atoms with Gasteiger partial charge in [0, 0.05) is 12.2 Å². The molecule has 0 aliphatic carbocycles. The van der Waals surface area contributed by atoms with E-state index in [0.717, 1.165) is 5.56 Å². The van der Waals surface area contributed by atoms with Crippen LogP contribution in [-0.4, -0.2) is 18.4 Å². The molecule has 0 fully saturated rings. The third kappa shape index (κ3) is 5.86. The molecule has 2 aromatic carbocycles. The minimum atomic E-state index is -0.476. The van der Waals surface area contributed by atoms with Crippen molar-refractivity contribution in [3.8, 4) is 0 Å². The number of benzene rings is 2. The average Bonchev–Trinajstić information content (AvgIpc) is 2.51. The van der Waals surface area contributed by atoms with Gasteiger partial charge in [-0.05, 0) is 48.4 Å². The Balaban J connectivity index is 1.70. The summed E-state index contributed by atoms with van der Waals surface area (Å²) in [5, 5.41) is 5.12. The van der Waals surface area contributed by atoms with Crippen LogP contribution in [0, 0.1) is 11.6 Å². The number of amides is 2. The first-order valence-corrected chi connectivity index (χ1v) is 7.09. The summed E-state index contributed by atoms with van der Waals surface area (Å²) < 4.78 is 25.5. The van der Waals surface area contributed by atoms with Gasteiger partial charge in [-0.3, -0.25) is 9.59 Å². The molecule has 0 aliphatic rings. The molecule has 0 atom stereocenters. The van der Waals surface area contributed by atoms with Gasteiger partial charge >= 0.3 is 0 Å². The van der Waals surface area contributed by atoms with Gasteiger partial charge in [0.1, 0.15) is 18.1 Å². The number of hydrogen-bond acceptors (Lipinski definition) is 2. The summed E-state index contributed by atoms with van der Waals surface area (Å²) in [7, 11) is 0. The molecule has 2 N–H and O–H groups in total. The molecule has 120 valence electrons. The van der Waals surface area contributed by atoms with Crippen molar-refractivity contribution in [2.75, 3.05) is 11.9 Å². The first kappa shape index (κ1) is 16.6. The van der Waals surface area contributed by atoms with Crippen LogP contribution in [0.5, 0.6) is 0 Å². The van der Waals surface area contributed by atoms with Gasteiger partial charge in [0.15, 0.2) is 0 Å². The summed E-state index contributed by atoms with van der Waals surface area (Å²) >= 11 is 0. The number of carbonyl (C=O) groups is 2. The topological polar surface area (TPSA) is 58.2 Å². The monoisotopic (exact) mass is 318 g/mol. The molecule has 6 heteroatoms. The highest BCUT2D eigenvalue weighted by Crippen LogP contribution is 2.08. The van der Waals surface area contributed by atoms with Crippen LogP contribution >= 0.6 is 0 Å². The third-order valence-electron chi connectivity index (χ3n) is 3.10. The third-order valence-corrected chi connectivity index (χ3v) is 3.10. The molecule has 23 heavy (non-hydrogen) atoms. The minimum Gasteiger partial charge on any atom is -0.355 e. The predicted molar refractivity (Wildman–Crippen MR) is 82.8 cm³/mol. The number of rotatable bonds is 6. The Morgan fingerprint density at radius 1 is 0.826 bits per heavy atom. The lowest BCUT2D eigenvalue weighted by Gasteiger charge is -2.07. The van der Waals surface area contributed by atoms with Gasteiger partial charge in [-0.2, -0.15) is 0 Å². The first-order chi connectivity index (χ1) is 11.0. The Bertz CT molecular complexity index is 670. The van der Waals surface area contributed by atoms with Crippen LogP contribution in [0.15, 0.2) is 48.5 Å². The number of carbonyl (C=O) groups excluding carboxylic acids is 2. The second-order valence-electron chi connectivity index (χ2n) is 4.96. The standard InChI is InChI=1S/C17H16F2N2O2/c18-13-3-1-12(2-4-13)9-10-20-16(22)11-17(23)21-15-7-5-14(19)6-8-15/h1-8H,9-11H2,(H,20,22)(H,21,23). The Morgan fingerprint density at radius 3 is 2.00 bits per heavy atom. The second kappa shape index (κ2) is 8.03. The number of halogens is 2. The largest absolute Gasteiger partial charge is 0.355 e. The number of anilines is 1. The zero-order valence-electron chi connectivity index (χ0n) is 12.3.